The third-order valence-electron chi connectivity index (χ3n) is 2.33. The minimum Gasteiger partial charge on any atom is -0.299 e. The Balaban J connectivity index is 3.09. The largest absolute Gasteiger partial charge is 0.405 e. The number of alkyl halides is 3. The molecule has 0 fully saturated rings. The van der Waals surface area contributed by atoms with Crippen molar-refractivity contribution in [1.82, 2.24) is 0 Å². The number of halogens is 3. The van der Waals surface area contributed by atoms with Gasteiger partial charge in [0.2, 0.25) is 0 Å². The van der Waals surface area contributed by atoms with Crippen molar-refractivity contribution in [1.29, 1.82) is 0 Å². The predicted molar refractivity (Wildman–Crippen MR) is 55.7 cm³/mol. The van der Waals surface area contributed by atoms with Gasteiger partial charge in [0.15, 0.2) is 11.7 Å². The summed E-state index contributed by atoms with van der Waals surface area (Å²) in [6, 6.07) is 5.64. The number of ketones is 2. The highest BCUT2D eigenvalue weighted by molar-refractivity contribution is 6.10. The fourth-order valence-corrected chi connectivity index (χ4v) is 1.45. The van der Waals surface area contributed by atoms with E-state index in [1.54, 1.807) is 6.92 Å². The van der Waals surface area contributed by atoms with E-state index in [0.717, 1.165) is 12.5 Å². The van der Waals surface area contributed by atoms with E-state index >= 15 is 0 Å². The van der Waals surface area contributed by atoms with Crippen molar-refractivity contribution in [2.24, 2.45) is 5.92 Å². The van der Waals surface area contributed by atoms with Gasteiger partial charge in [-0.25, -0.2) is 0 Å². The minimum atomic E-state index is -4.84. The third-order valence-corrected chi connectivity index (χ3v) is 2.33. The molecule has 2 nitrogen and oxygen atoms in total. The first-order valence-electron chi connectivity index (χ1n) is 4.91. The van der Waals surface area contributed by atoms with Crippen LogP contribution >= 0.6 is 0 Å². The van der Waals surface area contributed by atoms with Crippen molar-refractivity contribution in [3.63, 3.8) is 0 Å². The van der Waals surface area contributed by atoms with E-state index in [1.165, 1.54) is 24.3 Å². The number of carbonyl (C=O) groups excluding carboxylic acids is 2. The standard InChI is InChI=1S/C12H11F3O2/c1-7-3-5-9(6-4-7)11(17)10(8(2)16)12(13,14)15/h3-6,10H,1-2H3. The minimum absolute atomic E-state index is 0.104. The average Bonchev–Trinajstić information content (AvgIpc) is 2.15. The van der Waals surface area contributed by atoms with Crippen LogP contribution in [0.4, 0.5) is 13.2 Å². The molecule has 0 spiro atoms. The molecular formula is C12H11F3O2. The van der Waals surface area contributed by atoms with Crippen LogP contribution in [0.2, 0.25) is 0 Å². The molecular weight excluding hydrogens is 233 g/mol. The summed E-state index contributed by atoms with van der Waals surface area (Å²) >= 11 is 0. The Kier molecular flexibility index (Phi) is 3.70. The molecule has 0 bridgehead atoms. The van der Waals surface area contributed by atoms with E-state index in [4.69, 9.17) is 0 Å². The van der Waals surface area contributed by atoms with Crippen molar-refractivity contribution in [2.45, 2.75) is 20.0 Å². The number of rotatable bonds is 3. The van der Waals surface area contributed by atoms with Crippen LogP contribution in [0.5, 0.6) is 0 Å². The van der Waals surface area contributed by atoms with Crippen LogP contribution in [-0.2, 0) is 4.79 Å². The number of Topliss-reactive ketones (excluding diaryl/α,β-unsaturated/α-hetero) is 2. The molecule has 0 radical (unpaired) electrons. The molecule has 0 aliphatic carbocycles. The zero-order valence-electron chi connectivity index (χ0n) is 9.34. The lowest BCUT2D eigenvalue weighted by atomic mass is 9.93. The summed E-state index contributed by atoms with van der Waals surface area (Å²) in [6.07, 6.45) is -4.84. The first kappa shape index (κ1) is 13.4. The van der Waals surface area contributed by atoms with E-state index in [-0.39, 0.29) is 5.56 Å². The van der Waals surface area contributed by atoms with Gasteiger partial charge in [-0.1, -0.05) is 29.8 Å². The molecule has 0 saturated carbocycles. The average molecular weight is 244 g/mol. The van der Waals surface area contributed by atoms with Crippen LogP contribution in [0.15, 0.2) is 24.3 Å². The second kappa shape index (κ2) is 4.69. The van der Waals surface area contributed by atoms with Crippen LogP contribution in [-0.4, -0.2) is 17.7 Å². The summed E-state index contributed by atoms with van der Waals surface area (Å²) in [5, 5.41) is 0. The highest BCUT2D eigenvalue weighted by Gasteiger charge is 2.48. The summed E-state index contributed by atoms with van der Waals surface area (Å²) < 4.78 is 37.6. The lowest BCUT2D eigenvalue weighted by Crippen LogP contribution is -2.36. The van der Waals surface area contributed by atoms with E-state index in [0.29, 0.717) is 0 Å². The quantitative estimate of drug-likeness (QED) is 0.605. The van der Waals surface area contributed by atoms with Gasteiger partial charge in [-0.05, 0) is 13.8 Å². The maximum Gasteiger partial charge on any atom is 0.405 e. The number of carbonyl (C=O) groups is 2. The Morgan fingerprint density at radius 1 is 1.12 bits per heavy atom. The molecule has 17 heavy (non-hydrogen) atoms. The second-order valence-corrected chi connectivity index (χ2v) is 3.82. The van der Waals surface area contributed by atoms with Crippen molar-refractivity contribution >= 4 is 11.6 Å². The van der Waals surface area contributed by atoms with Crippen molar-refractivity contribution < 1.29 is 22.8 Å². The maximum atomic E-state index is 12.5. The van der Waals surface area contributed by atoms with E-state index in [1.807, 2.05) is 0 Å². The van der Waals surface area contributed by atoms with Crippen molar-refractivity contribution in [2.75, 3.05) is 0 Å². The van der Waals surface area contributed by atoms with Crippen molar-refractivity contribution in [3.8, 4) is 0 Å². The number of hydrogen-bond acceptors (Lipinski definition) is 2. The van der Waals surface area contributed by atoms with Crippen LogP contribution in [0.3, 0.4) is 0 Å². The zero-order chi connectivity index (χ0) is 13.2. The van der Waals surface area contributed by atoms with Crippen molar-refractivity contribution in [3.05, 3.63) is 35.4 Å². The third kappa shape index (κ3) is 3.15. The Morgan fingerprint density at radius 3 is 1.94 bits per heavy atom. The fraction of sp³-hybridized carbons (Fsp3) is 0.333. The Hall–Kier alpha value is -1.65. The first-order chi connectivity index (χ1) is 7.73. The van der Waals surface area contributed by atoms with Gasteiger partial charge in [0.25, 0.3) is 0 Å². The van der Waals surface area contributed by atoms with Gasteiger partial charge in [-0.3, -0.25) is 9.59 Å². The van der Waals surface area contributed by atoms with E-state index < -0.39 is 23.7 Å². The molecule has 1 aromatic carbocycles. The fourth-order valence-electron chi connectivity index (χ4n) is 1.45. The van der Waals surface area contributed by atoms with Gasteiger partial charge in [-0.2, -0.15) is 13.2 Å². The number of hydrogen-bond donors (Lipinski definition) is 0. The number of benzene rings is 1. The SMILES string of the molecule is CC(=O)C(C(=O)c1ccc(C)cc1)C(F)(F)F. The summed E-state index contributed by atoms with van der Waals surface area (Å²) in [4.78, 5) is 22.5. The predicted octanol–water partition coefficient (Wildman–Crippen LogP) is 2.95. The lowest BCUT2D eigenvalue weighted by molar-refractivity contribution is -0.169. The first-order valence-corrected chi connectivity index (χ1v) is 4.91. The van der Waals surface area contributed by atoms with Crippen LogP contribution in [0.25, 0.3) is 0 Å². The lowest BCUT2D eigenvalue weighted by Gasteiger charge is -2.16. The smallest absolute Gasteiger partial charge is 0.299 e. The maximum absolute atomic E-state index is 12.5. The van der Waals surface area contributed by atoms with Crippen LogP contribution < -0.4 is 0 Å². The van der Waals surface area contributed by atoms with Gasteiger partial charge in [0, 0.05) is 5.56 Å². The molecule has 1 unspecified atom stereocenters. The summed E-state index contributed by atoms with van der Waals surface area (Å²) in [6.45, 7) is 2.52. The number of aryl methyl sites for hydroxylation is 1. The molecule has 92 valence electrons. The van der Waals surface area contributed by atoms with Gasteiger partial charge < -0.3 is 0 Å². The molecule has 5 heteroatoms. The highest BCUT2D eigenvalue weighted by atomic mass is 19.4. The topological polar surface area (TPSA) is 34.1 Å². The molecule has 0 heterocycles. The molecule has 0 amide bonds. The zero-order valence-corrected chi connectivity index (χ0v) is 9.34. The molecule has 0 aromatic heterocycles. The molecule has 1 atom stereocenters. The molecule has 1 aromatic rings. The second-order valence-electron chi connectivity index (χ2n) is 3.82. The molecule has 0 aliphatic rings. The molecule has 0 N–H and O–H groups in total. The van der Waals surface area contributed by atoms with Gasteiger partial charge >= 0.3 is 6.18 Å². The normalized spacial score (nSPS) is 13.2. The molecule has 1 rings (SSSR count). The monoisotopic (exact) mass is 244 g/mol. The summed E-state index contributed by atoms with van der Waals surface area (Å²) in [5.74, 6) is -4.96. The van der Waals surface area contributed by atoms with E-state index in [9.17, 15) is 22.8 Å². The van der Waals surface area contributed by atoms with E-state index in [2.05, 4.69) is 0 Å². The van der Waals surface area contributed by atoms with Crippen LogP contribution in [0.1, 0.15) is 22.8 Å². The van der Waals surface area contributed by atoms with Crippen LogP contribution in [0, 0.1) is 12.8 Å². The highest BCUT2D eigenvalue weighted by Crippen LogP contribution is 2.30. The summed E-state index contributed by atoms with van der Waals surface area (Å²) in [7, 11) is 0. The summed E-state index contributed by atoms with van der Waals surface area (Å²) in [5.41, 5.74) is 0.723. The molecule has 0 aliphatic heterocycles. The Morgan fingerprint density at radius 2 is 1.59 bits per heavy atom. The molecule has 0 saturated heterocycles. The van der Waals surface area contributed by atoms with Gasteiger partial charge in [0.1, 0.15) is 5.78 Å². The van der Waals surface area contributed by atoms with Gasteiger partial charge in [0.05, 0.1) is 0 Å². The van der Waals surface area contributed by atoms with Gasteiger partial charge in [-0.15, -0.1) is 0 Å². The Bertz CT molecular complexity index is 432. The Labute approximate surface area is 96.4 Å².